The van der Waals surface area contributed by atoms with Gasteiger partial charge in [-0.15, -0.1) is 0 Å². The van der Waals surface area contributed by atoms with Crippen LogP contribution in [0.15, 0.2) is 23.1 Å². The molecule has 3 fully saturated rings. The molecule has 10 heteroatoms. The molecule has 1 aromatic rings. The molecule has 4 rings (SSSR count). The monoisotopic (exact) mass is 425 g/mol. The quantitative estimate of drug-likeness (QED) is 0.703. The van der Waals surface area contributed by atoms with Crippen molar-refractivity contribution in [1.29, 1.82) is 0 Å². The van der Waals surface area contributed by atoms with E-state index in [9.17, 15) is 22.4 Å². The average Bonchev–Trinajstić information content (AvgIpc) is 3.59. The fourth-order valence-corrected chi connectivity index (χ4v) is 5.09. The molecule has 1 saturated carbocycles. The van der Waals surface area contributed by atoms with Crippen LogP contribution in [-0.4, -0.2) is 86.8 Å². The van der Waals surface area contributed by atoms with Gasteiger partial charge in [0.2, 0.25) is 15.9 Å². The zero-order chi connectivity index (χ0) is 20.6. The Hall–Kier alpha value is -2.04. The zero-order valence-corrected chi connectivity index (χ0v) is 16.9. The molecule has 2 saturated heterocycles. The highest BCUT2D eigenvalue weighted by Crippen LogP contribution is 2.31. The van der Waals surface area contributed by atoms with Gasteiger partial charge in [-0.3, -0.25) is 9.59 Å². The minimum Gasteiger partial charge on any atom is -0.379 e. The second-order valence-electron chi connectivity index (χ2n) is 7.55. The van der Waals surface area contributed by atoms with Crippen LogP contribution in [0.3, 0.4) is 0 Å². The molecule has 158 valence electrons. The topological polar surface area (TPSA) is 87.2 Å². The number of nitrogens with zero attached hydrogens (tertiary/aromatic N) is 3. The summed E-state index contributed by atoms with van der Waals surface area (Å²) in [5, 5.41) is 0. The zero-order valence-electron chi connectivity index (χ0n) is 16.0. The lowest BCUT2D eigenvalue weighted by atomic mass is 10.1. The van der Waals surface area contributed by atoms with E-state index in [-0.39, 0.29) is 35.4 Å². The van der Waals surface area contributed by atoms with E-state index in [0.717, 1.165) is 25.0 Å². The molecule has 0 bridgehead atoms. The predicted octanol–water partition coefficient (Wildman–Crippen LogP) is 0.541. The molecule has 3 aliphatic rings. The number of ether oxygens (including phenoxy) is 1. The summed E-state index contributed by atoms with van der Waals surface area (Å²) in [5.74, 6) is -1.06. The van der Waals surface area contributed by atoms with Gasteiger partial charge in [0.1, 0.15) is 5.82 Å². The number of halogens is 1. The number of hydrogen-bond acceptors (Lipinski definition) is 5. The van der Waals surface area contributed by atoms with Gasteiger partial charge < -0.3 is 14.5 Å². The van der Waals surface area contributed by atoms with Crippen LogP contribution in [-0.2, 0) is 19.6 Å². The molecular formula is C19H24FN3O5S. The highest BCUT2D eigenvalue weighted by Gasteiger charge is 2.36. The van der Waals surface area contributed by atoms with Gasteiger partial charge in [0, 0.05) is 45.2 Å². The summed E-state index contributed by atoms with van der Waals surface area (Å²) in [5.41, 5.74) is -0.263. The van der Waals surface area contributed by atoms with Crippen molar-refractivity contribution in [2.75, 3.05) is 52.5 Å². The van der Waals surface area contributed by atoms with Crippen molar-refractivity contribution in [3.05, 3.63) is 29.6 Å². The van der Waals surface area contributed by atoms with E-state index in [2.05, 4.69) is 0 Å². The van der Waals surface area contributed by atoms with E-state index >= 15 is 0 Å². The van der Waals surface area contributed by atoms with E-state index < -0.39 is 21.7 Å². The largest absolute Gasteiger partial charge is 0.379 e. The maximum absolute atomic E-state index is 14.4. The van der Waals surface area contributed by atoms with Gasteiger partial charge in [-0.2, -0.15) is 4.31 Å². The first-order valence-electron chi connectivity index (χ1n) is 9.83. The van der Waals surface area contributed by atoms with E-state index in [1.54, 1.807) is 4.90 Å². The van der Waals surface area contributed by atoms with E-state index in [4.69, 9.17) is 4.74 Å². The number of morpholine rings is 1. The number of sulfonamides is 1. The number of hydrogen-bond donors (Lipinski definition) is 0. The number of benzene rings is 1. The van der Waals surface area contributed by atoms with Crippen LogP contribution in [0.2, 0.25) is 0 Å². The highest BCUT2D eigenvalue weighted by molar-refractivity contribution is 7.89. The SMILES string of the molecule is O=C(c1cc(S(=O)(=O)N2CCOCC2)ccc1F)N1CCN(C(=O)C2CC2)CC1. The molecule has 0 atom stereocenters. The van der Waals surface area contributed by atoms with Gasteiger partial charge in [-0.25, -0.2) is 12.8 Å². The Balaban J connectivity index is 1.48. The molecule has 1 aliphatic carbocycles. The Morgan fingerprint density at radius 2 is 1.59 bits per heavy atom. The Labute approximate surface area is 169 Å². The number of carbonyl (C=O) groups is 2. The van der Waals surface area contributed by atoms with Crippen molar-refractivity contribution in [3.8, 4) is 0 Å². The van der Waals surface area contributed by atoms with Gasteiger partial charge in [-0.1, -0.05) is 0 Å². The molecular weight excluding hydrogens is 401 g/mol. The van der Waals surface area contributed by atoms with Crippen molar-refractivity contribution in [2.45, 2.75) is 17.7 Å². The Kier molecular flexibility index (Phi) is 5.58. The van der Waals surface area contributed by atoms with Crippen LogP contribution in [0.1, 0.15) is 23.2 Å². The lowest BCUT2D eigenvalue weighted by Gasteiger charge is -2.35. The third-order valence-corrected chi connectivity index (χ3v) is 7.48. The van der Waals surface area contributed by atoms with Gasteiger partial charge >= 0.3 is 0 Å². The Morgan fingerprint density at radius 3 is 2.21 bits per heavy atom. The van der Waals surface area contributed by atoms with Crippen LogP contribution < -0.4 is 0 Å². The first kappa shape index (κ1) is 20.2. The average molecular weight is 425 g/mol. The highest BCUT2D eigenvalue weighted by atomic mass is 32.2. The van der Waals surface area contributed by atoms with Crippen LogP contribution in [0.25, 0.3) is 0 Å². The lowest BCUT2D eigenvalue weighted by Crippen LogP contribution is -2.51. The number of amides is 2. The van der Waals surface area contributed by atoms with Crippen LogP contribution in [0, 0.1) is 11.7 Å². The third kappa shape index (κ3) is 4.15. The molecule has 2 amide bonds. The summed E-state index contributed by atoms with van der Waals surface area (Å²) in [6.45, 7) is 2.48. The van der Waals surface area contributed by atoms with Crippen molar-refractivity contribution in [2.24, 2.45) is 5.92 Å². The maximum Gasteiger partial charge on any atom is 0.256 e. The summed E-state index contributed by atoms with van der Waals surface area (Å²) < 4.78 is 46.5. The second-order valence-corrected chi connectivity index (χ2v) is 9.49. The van der Waals surface area contributed by atoms with Crippen molar-refractivity contribution in [3.63, 3.8) is 0 Å². The first-order valence-corrected chi connectivity index (χ1v) is 11.3. The Bertz CT molecular complexity index is 904. The Morgan fingerprint density at radius 1 is 0.966 bits per heavy atom. The normalized spacial score (nSPS) is 21.3. The number of carbonyl (C=O) groups excluding carboxylic acids is 2. The molecule has 0 unspecified atom stereocenters. The fourth-order valence-electron chi connectivity index (χ4n) is 3.65. The number of rotatable bonds is 4. The summed E-state index contributed by atoms with van der Waals surface area (Å²) in [6, 6.07) is 3.32. The molecule has 2 heterocycles. The van der Waals surface area contributed by atoms with Crippen LogP contribution >= 0.6 is 0 Å². The van der Waals surface area contributed by atoms with Crippen LogP contribution in [0.4, 0.5) is 4.39 Å². The summed E-state index contributed by atoms with van der Waals surface area (Å²) >= 11 is 0. The lowest BCUT2D eigenvalue weighted by molar-refractivity contribution is -0.134. The summed E-state index contributed by atoms with van der Waals surface area (Å²) in [6.07, 6.45) is 1.85. The fraction of sp³-hybridized carbons (Fsp3) is 0.579. The molecule has 8 nitrogen and oxygen atoms in total. The molecule has 0 aromatic heterocycles. The first-order chi connectivity index (χ1) is 13.9. The van der Waals surface area contributed by atoms with E-state index in [0.29, 0.717) is 39.4 Å². The molecule has 0 radical (unpaired) electrons. The minimum atomic E-state index is -3.83. The van der Waals surface area contributed by atoms with Crippen molar-refractivity contribution < 1.29 is 27.1 Å². The predicted molar refractivity (Wildman–Crippen MR) is 101 cm³/mol. The molecule has 0 N–H and O–H groups in total. The van der Waals surface area contributed by atoms with Crippen molar-refractivity contribution >= 4 is 21.8 Å². The van der Waals surface area contributed by atoms with Gasteiger partial charge in [0.15, 0.2) is 0 Å². The summed E-state index contributed by atoms with van der Waals surface area (Å²) in [4.78, 5) is 28.1. The molecule has 29 heavy (non-hydrogen) atoms. The molecule has 2 aliphatic heterocycles. The van der Waals surface area contributed by atoms with Gasteiger partial charge in [-0.05, 0) is 31.0 Å². The summed E-state index contributed by atoms with van der Waals surface area (Å²) in [7, 11) is -3.83. The van der Waals surface area contributed by atoms with E-state index in [1.165, 1.54) is 15.3 Å². The maximum atomic E-state index is 14.4. The minimum absolute atomic E-state index is 0.105. The third-order valence-electron chi connectivity index (χ3n) is 5.58. The van der Waals surface area contributed by atoms with Gasteiger partial charge in [0.25, 0.3) is 5.91 Å². The van der Waals surface area contributed by atoms with Crippen LogP contribution in [0.5, 0.6) is 0 Å². The standard InChI is InChI=1S/C19H24FN3O5S/c20-17-4-3-15(29(26,27)23-9-11-28-12-10-23)13-16(17)19(25)22-7-5-21(6-8-22)18(24)14-1-2-14/h3-4,13-14H,1-2,5-12H2. The second kappa shape index (κ2) is 8.00. The van der Waals surface area contributed by atoms with E-state index in [1.807, 2.05) is 0 Å². The van der Waals surface area contributed by atoms with Gasteiger partial charge in [0.05, 0.1) is 23.7 Å². The smallest absolute Gasteiger partial charge is 0.256 e. The molecule has 0 spiro atoms. The molecule has 1 aromatic carbocycles. The van der Waals surface area contributed by atoms with Crippen molar-refractivity contribution in [1.82, 2.24) is 14.1 Å². The number of piperazine rings is 1.